The molecule has 0 fully saturated rings. The lowest BCUT2D eigenvalue weighted by atomic mass is 10.0. The summed E-state index contributed by atoms with van der Waals surface area (Å²) in [4.78, 5) is 6.62. The number of hydrogen-bond acceptors (Lipinski definition) is 3. The molecular formula is C15H17N3. The lowest BCUT2D eigenvalue weighted by Crippen LogP contribution is -2.30. The Morgan fingerprint density at radius 1 is 1.17 bits per heavy atom. The number of fused-ring (bicyclic) bond motifs is 1. The Balaban J connectivity index is 1.76. The van der Waals surface area contributed by atoms with Gasteiger partial charge in [-0.3, -0.25) is 4.90 Å². The Hall–Kier alpha value is -1.87. The molecule has 1 aliphatic heterocycles. The predicted octanol–water partition coefficient (Wildman–Crippen LogP) is 2.22. The van der Waals surface area contributed by atoms with Gasteiger partial charge in [0.1, 0.15) is 5.82 Å². The van der Waals surface area contributed by atoms with E-state index < -0.39 is 0 Å². The molecule has 3 heteroatoms. The van der Waals surface area contributed by atoms with Gasteiger partial charge in [0.25, 0.3) is 0 Å². The highest BCUT2D eigenvalue weighted by Crippen LogP contribution is 2.23. The van der Waals surface area contributed by atoms with Gasteiger partial charge in [0, 0.05) is 31.4 Å². The van der Waals surface area contributed by atoms with Crippen LogP contribution in [0.4, 0.5) is 5.82 Å². The Morgan fingerprint density at radius 3 is 2.83 bits per heavy atom. The van der Waals surface area contributed by atoms with E-state index in [1.165, 1.54) is 16.7 Å². The fourth-order valence-electron chi connectivity index (χ4n) is 2.55. The molecule has 92 valence electrons. The molecule has 18 heavy (non-hydrogen) atoms. The first-order chi connectivity index (χ1) is 8.83. The maximum atomic E-state index is 5.91. The van der Waals surface area contributed by atoms with Crippen molar-refractivity contribution in [3.63, 3.8) is 0 Å². The summed E-state index contributed by atoms with van der Waals surface area (Å²) in [5.74, 6) is 0.701. The van der Waals surface area contributed by atoms with Crippen LogP contribution in [0.5, 0.6) is 0 Å². The standard InChI is InChI=1S/C15H17N3/c16-15-14-7-9-18(11-13(14)6-8-17-15)10-12-4-2-1-3-5-12/h1-6,8H,7,9-11H2,(H2,16,17). The van der Waals surface area contributed by atoms with Crippen LogP contribution in [0.1, 0.15) is 16.7 Å². The molecule has 0 saturated heterocycles. The minimum Gasteiger partial charge on any atom is -0.383 e. The molecule has 2 aromatic rings. The summed E-state index contributed by atoms with van der Waals surface area (Å²) < 4.78 is 0. The van der Waals surface area contributed by atoms with Crippen LogP contribution in [-0.2, 0) is 19.5 Å². The van der Waals surface area contributed by atoms with E-state index >= 15 is 0 Å². The molecule has 0 saturated carbocycles. The van der Waals surface area contributed by atoms with Gasteiger partial charge in [-0.05, 0) is 23.6 Å². The van der Waals surface area contributed by atoms with E-state index in [-0.39, 0.29) is 0 Å². The van der Waals surface area contributed by atoms with Crippen molar-refractivity contribution in [1.82, 2.24) is 9.88 Å². The van der Waals surface area contributed by atoms with E-state index in [0.29, 0.717) is 5.82 Å². The number of nitrogens with two attached hydrogens (primary N) is 1. The third-order valence-electron chi connectivity index (χ3n) is 3.51. The predicted molar refractivity (Wildman–Crippen MR) is 72.9 cm³/mol. The second-order valence-electron chi connectivity index (χ2n) is 4.78. The molecule has 2 N–H and O–H groups in total. The number of pyridine rings is 1. The molecule has 0 amide bonds. The van der Waals surface area contributed by atoms with Gasteiger partial charge < -0.3 is 5.73 Å². The van der Waals surface area contributed by atoms with Gasteiger partial charge in [0.05, 0.1) is 0 Å². The molecule has 0 bridgehead atoms. The van der Waals surface area contributed by atoms with Crippen molar-refractivity contribution in [2.75, 3.05) is 12.3 Å². The smallest absolute Gasteiger partial charge is 0.126 e. The first-order valence-corrected chi connectivity index (χ1v) is 6.31. The highest BCUT2D eigenvalue weighted by atomic mass is 15.1. The second kappa shape index (κ2) is 4.78. The summed E-state index contributed by atoms with van der Waals surface area (Å²) >= 11 is 0. The Morgan fingerprint density at radius 2 is 2.00 bits per heavy atom. The molecule has 1 aromatic heterocycles. The van der Waals surface area contributed by atoms with E-state index in [1.54, 1.807) is 6.20 Å². The number of anilines is 1. The van der Waals surface area contributed by atoms with Crippen LogP contribution in [0.25, 0.3) is 0 Å². The zero-order valence-corrected chi connectivity index (χ0v) is 10.3. The third-order valence-corrected chi connectivity index (χ3v) is 3.51. The summed E-state index contributed by atoms with van der Waals surface area (Å²) in [6.45, 7) is 3.03. The zero-order chi connectivity index (χ0) is 12.4. The van der Waals surface area contributed by atoms with Crippen molar-refractivity contribution < 1.29 is 0 Å². The molecule has 3 nitrogen and oxygen atoms in total. The summed E-state index contributed by atoms with van der Waals surface area (Å²) in [7, 11) is 0. The maximum Gasteiger partial charge on any atom is 0.126 e. The normalized spacial score (nSPS) is 15.3. The molecule has 1 aromatic carbocycles. The highest BCUT2D eigenvalue weighted by molar-refractivity contribution is 5.45. The fraction of sp³-hybridized carbons (Fsp3) is 0.267. The summed E-state index contributed by atoms with van der Waals surface area (Å²) in [6, 6.07) is 12.7. The molecule has 3 rings (SSSR count). The Bertz CT molecular complexity index is 537. The highest BCUT2D eigenvalue weighted by Gasteiger charge is 2.18. The SMILES string of the molecule is Nc1nccc2c1CCN(Cc1ccccc1)C2. The molecule has 0 unspecified atom stereocenters. The van der Waals surface area contributed by atoms with Crippen LogP contribution >= 0.6 is 0 Å². The van der Waals surface area contributed by atoms with E-state index in [4.69, 9.17) is 5.73 Å². The van der Waals surface area contributed by atoms with Gasteiger partial charge in [-0.2, -0.15) is 0 Å². The minimum absolute atomic E-state index is 0.701. The zero-order valence-electron chi connectivity index (χ0n) is 10.3. The summed E-state index contributed by atoms with van der Waals surface area (Å²) in [5, 5.41) is 0. The van der Waals surface area contributed by atoms with Crippen molar-refractivity contribution >= 4 is 5.82 Å². The van der Waals surface area contributed by atoms with E-state index in [0.717, 1.165) is 26.1 Å². The topological polar surface area (TPSA) is 42.1 Å². The van der Waals surface area contributed by atoms with Gasteiger partial charge in [0.2, 0.25) is 0 Å². The van der Waals surface area contributed by atoms with Crippen LogP contribution in [-0.4, -0.2) is 16.4 Å². The monoisotopic (exact) mass is 239 g/mol. The number of aromatic nitrogens is 1. The van der Waals surface area contributed by atoms with Gasteiger partial charge in [-0.25, -0.2) is 4.98 Å². The van der Waals surface area contributed by atoms with Crippen molar-refractivity contribution in [3.8, 4) is 0 Å². The number of nitrogen functional groups attached to an aromatic ring is 1. The van der Waals surface area contributed by atoms with Crippen LogP contribution in [0.15, 0.2) is 42.6 Å². The van der Waals surface area contributed by atoms with Crippen molar-refractivity contribution in [3.05, 3.63) is 59.3 Å². The van der Waals surface area contributed by atoms with Gasteiger partial charge in [-0.15, -0.1) is 0 Å². The van der Waals surface area contributed by atoms with Crippen LogP contribution < -0.4 is 5.73 Å². The average Bonchev–Trinajstić information content (AvgIpc) is 2.40. The summed E-state index contributed by atoms with van der Waals surface area (Å²) in [5.41, 5.74) is 9.84. The molecule has 1 aliphatic rings. The van der Waals surface area contributed by atoms with Crippen molar-refractivity contribution in [1.29, 1.82) is 0 Å². The largest absolute Gasteiger partial charge is 0.383 e. The Labute approximate surface area is 107 Å². The molecule has 0 radical (unpaired) electrons. The number of hydrogen-bond donors (Lipinski definition) is 1. The van der Waals surface area contributed by atoms with E-state index in [1.807, 2.05) is 0 Å². The molecular weight excluding hydrogens is 222 g/mol. The van der Waals surface area contributed by atoms with Gasteiger partial charge in [-0.1, -0.05) is 30.3 Å². The van der Waals surface area contributed by atoms with E-state index in [2.05, 4.69) is 46.3 Å². The number of benzene rings is 1. The van der Waals surface area contributed by atoms with Crippen LogP contribution in [0.2, 0.25) is 0 Å². The first-order valence-electron chi connectivity index (χ1n) is 6.31. The molecule has 2 heterocycles. The molecule has 0 spiro atoms. The average molecular weight is 239 g/mol. The van der Waals surface area contributed by atoms with Crippen molar-refractivity contribution in [2.24, 2.45) is 0 Å². The molecule has 0 atom stereocenters. The minimum atomic E-state index is 0.701. The fourth-order valence-corrected chi connectivity index (χ4v) is 2.55. The van der Waals surface area contributed by atoms with E-state index in [9.17, 15) is 0 Å². The van der Waals surface area contributed by atoms with Gasteiger partial charge in [0.15, 0.2) is 0 Å². The maximum absolute atomic E-state index is 5.91. The van der Waals surface area contributed by atoms with Crippen LogP contribution in [0, 0.1) is 0 Å². The molecule has 0 aliphatic carbocycles. The third kappa shape index (κ3) is 2.22. The number of nitrogens with zero attached hydrogens (tertiary/aromatic N) is 2. The Kier molecular flexibility index (Phi) is 2.99. The van der Waals surface area contributed by atoms with Crippen LogP contribution in [0.3, 0.4) is 0 Å². The lowest BCUT2D eigenvalue weighted by Gasteiger charge is -2.29. The number of rotatable bonds is 2. The quantitative estimate of drug-likeness (QED) is 0.873. The first kappa shape index (κ1) is 11.2. The van der Waals surface area contributed by atoms with Crippen molar-refractivity contribution in [2.45, 2.75) is 19.5 Å². The lowest BCUT2D eigenvalue weighted by molar-refractivity contribution is 0.245. The summed E-state index contributed by atoms with van der Waals surface area (Å²) in [6.07, 6.45) is 2.81. The van der Waals surface area contributed by atoms with Gasteiger partial charge >= 0.3 is 0 Å². The second-order valence-corrected chi connectivity index (χ2v) is 4.78.